The van der Waals surface area contributed by atoms with Crippen LogP contribution in [0.25, 0.3) is 0 Å². The SMILES string of the molecule is C=C(C(=O)OCc1ccc(C(O)C(=C)C(=O)OCc2ccc(C(O)C(=C)C(=O)OC(C)C)o2)o1)C(O)c1ccc(COC(=O)CC(C)(C)C)o1. The minimum absolute atomic E-state index is 0.0118. The first-order valence-corrected chi connectivity index (χ1v) is 15.4. The maximum atomic E-state index is 12.5. The van der Waals surface area contributed by atoms with E-state index in [1.54, 1.807) is 13.8 Å². The van der Waals surface area contributed by atoms with Crippen LogP contribution in [-0.2, 0) is 57.9 Å². The number of hydrogen-bond acceptors (Lipinski definition) is 14. The zero-order valence-electron chi connectivity index (χ0n) is 28.6. The Kier molecular flexibility index (Phi) is 13.3. The van der Waals surface area contributed by atoms with Gasteiger partial charge in [-0.15, -0.1) is 0 Å². The molecule has 0 saturated heterocycles. The summed E-state index contributed by atoms with van der Waals surface area (Å²) in [6.07, 6.45) is -4.84. The van der Waals surface area contributed by atoms with Crippen molar-refractivity contribution >= 4 is 23.9 Å². The molecule has 270 valence electrons. The molecule has 0 amide bonds. The lowest BCUT2D eigenvalue weighted by molar-refractivity contribution is -0.148. The minimum Gasteiger partial charge on any atom is -0.460 e. The summed E-state index contributed by atoms with van der Waals surface area (Å²) >= 11 is 0. The average molecular weight is 699 g/mol. The van der Waals surface area contributed by atoms with Crippen molar-refractivity contribution in [2.45, 2.75) is 85.3 Å². The predicted octanol–water partition coefficient (Wildman–Crippen LogP) is 5.15. The van der Waals surface area contributed by atoms with Gasteiger partial charge in [0.05, 0.1) is 29.2 Å². The van der Waals surface area contributed by atoms with Crippen molar-refractivity contribution in [1.29, 1.82) is 0 Å². The molecule has 0 aliphatic rings. The first-order valence-electron chi connectivity index (χ1n) is 15.4. The molecule has 0 fully saturated rings. The Morgan fingerprint density at radius 1 is 0.620 bits per heavy atom. The monoisotopic (exact) mass is 698 g/mol. The van der Waals surface area contributed by atoms with Crippen molar-refractivity contribution in [3.05, 3.63) is 107 Å². The highest BCUT2D eigenvalue weighted by atomic mass is 16.6. The van der Waals surface area contributed by atoms with Gasteiger partial charge in [0.2, 0.25) is 0 Å². The summed E-state index contributed by atoms with van der Waals surface area (Å²) in [4.78, 5) is 49.0. The van der Waals surface area contributed by atoms with Gasteiger partial charge in [0, 0.05) is 0 Å². The Balaban J connectivity index is 1.46. The van der Waals surface area contributed by atoms with Crippen molar-refractivity contribution in [1.82, 2.24) is 0 Å². The highest BCUT2D eigenvalue weighted by Crippen LogP contribution is 2.28. The molecule has 0 bridgehead atoms. The lowest BCUT2D eigenvalue weighted by Gasteiger charge is -2.16. The number of carbonyl (C=O) groups excluding carboxylic acids is 4. The second kappa shape index (κ2) is 17.0. The normalized spacial score (nSPS) is 13.2. The number of esters is 4. The molecule has 14 heteroatoms. The van der Waals surface area contributed by atoms with Crippen molar-refractivity contribution < 1.29 is 66.7 Å². The molecule has 0 saturated carbocycles. The summed E-state index contributed by atoms with van der Waals surface area (Å²) in [7, 11) is 0. The van der Waals surface area contributed by atoms with E-state index in [2.05, 4.69) is 19.7 Å². The maximum Gasteiger partial charge on any atom is 0.336 e. The lowest BCUT2D eigenvalue weighted by Crippen LogP contribution is -2.17. The van der Waals surface area contributed by atoms with Gasteiger partial charge in [-0.1, -0.05) is 40.5 Å². The second-order valence-corrected chi connectivity index (χ2v) is 12.7. The lowest BCUT2D eigenvalue weighted by atomic mass is 9.92. The second-order valence-electron chi connectivity index (χ2n) is 12.7. The summed E-state index contributed by atoms with van der Waals surface area (Å²) in [5.41, 5.74) is -1.20. The number of rotatable bonds is 17. The predicted molar refractivity (Wildman–Crippen MR) is 173 cm³/mol. The topological polar surface area (TPSA) is 205 Å². The van der Waals surface area contributed by atoms with E-state index in [0.717, 1.165) is 0 Å². The van der Waals surface area contributed by atoms with Crippen LogP contribution in [0.15, 0.2) is 86.1 Å². The molecule has 0 spiro atoms. The van der Waals surface area contributed by atoms with Crippen molar-refractivity contribution in [3.63, 3.8) is 0 Å². The Labute approximate surface area is 288 Å². The fourth-order valence-corrected chi connectivity index (χ4v) is 4.09. The fraction of sp³-hybridized carbons (Fsp3) is 0.389. The molecule has 3 N–H and O–H groups in total. The van der Waals surface area contributed by atoms with Gasteiger partial charge in [-0.05, 0) is 55.7 Å². The van der Waals surface area contributed by atoms with Crippen LogP contribution in [0.3, 0.4) is 0 Å². The summed E-state index contributed by atoms with van der Waals surface area (Å²) in [6, 6.07) is 8.43. The van der Waals surface area contributed by atoms with Gasteiger partial charge >= 0.3 is 23.9 Å². The molecule has 0 radical (unpaired) electrons. The van der Waals surface area contributed by atoms with Crippen LogP contribution in [0.4, 0.5) is 0 Å². The first-order chi connectivity index (χ1) is 23.4. The van der Waals surface area contributed by atoms with Crippen molar-refractivity contribution in [3.8, 4) is 0 Å². The van der Waals surface area contributed by atoms with Gasteiger partial charge in [0.15, 0.2) is 0 Å². The third-order valence-electron chi connectivity index (χ3n) is 6.72. The van der Waals surface area contributed by atoms with E-state index < -0.39 is 54.9 Å². The van der Waals surface area contributed by atoms with Crippen LogP contribution >= 0.6 is 0 Å². The van der Waals surface area contributed by atoms with Crippen LogP contribution in [0.2, 0.25) is 0 Å². The molecule has 3 atom stereocenters. The number of furan rings is 3. The molecule has 0 aliphatic heterocycles. The molecule has 3 aromatic heterocycles. The zero-order chi connectivity index (χ0) is 37.3. The Morgan fingerprint density at radius 2 is 0.960 bits per heavy atom. The molecular weight excluding hydrogens is 656 g/mol. The minimum atomic E-state index is -1.62. The summed E-state index contributed by atoms with van der Waals surface area (Å²) < 4.78 is 36.9. The highest BCUT2D eigenvalue weighted by Gasteiger charge is 2.27. The fourth-order valence-electron chi connectivity index (χ4n) is 4.09. The van der Waals surface area contributed by atoms with E-state index in [1.165, 1.54) is 36.4 Å². The van der Waals surface area contributed by atoms with Crippen molar-refractivity contribution in [2.75, 3.05) is 0 Å². The Hall–Kier alpha value is -5.18. The summed E-state index contributed by atoms with van der Waals surface area (Å²) in [5.74, 6) is -2.81. The summed E-state index contributed by atoms with van der Waals surface area (Å²) in [6.45, 7) is 18.7. The zero-order valence-corrected chi connectivity index (χ0v) is 28.6. The van der Waals surface area contributed by atoms with E-state index >= 15 is 0 Å². The van der Waals surface area contributed by atoms with Gasteiger partial charge in [-0.3, -0.25) is 4.79 Å². The highest BCUT2D eigenvalue weighted by molar-refractivity contribution is 5.90. The molecule has 0 aliphatic carbocycles. The Bertz CT molecular complexity index is 1710. The van der Waals surface area contributed by atoms with E-state index in [4.69, 9.17) is 32.2 Å². The molecule has 3 aromatic rings. The van der Waals surface area contributed by atoms with Crippen LogP contribution < -0.4 is 0 Å². The smallest absolute Gasteiger partial charge is 0.336 e. The number of carbonyl (C=O) groups is 4. The van der Waals surface area contributed by atoms with Crippen LogP contribution in [0.1, 0.15) is 93.9 Å². The largest absolute Gasteiger partial charge is 0.460 e. The molecule has 14 nitrogen and oxygen atoms in total. The van der Waals surface area contributed by atoms with E-state index in [0.29, 0.717) is 0 Å². The average Bonchev–Trinajstić information content (AvgIpc) is 3.83. The number of hydrogen-bond donors (Lipinski definition) is 3. The Morgan fingerprint density at radius 3 is 1.30 bits per heavy atom. The van der Waals surface area contributed by atoms with Crippen molar-refractivity contribution in [2.24, 2.45) is 5.41 Å². The quantitative estimate of drug-likeness (QED) is 0.0947. The number of aliphatic hydroxyl groups excluding tert-OH is 3. The van der Waals surface area contributed by atoms with E-state index in [-0.39, 0.29) is 76.3 Å². The third-order valence-corrected chi connectivity index (χ3v) is 6.72. The van der Waals surface area contributed by atoms with E-state index in [9.17, 15) is 34.5 Å². The standard InChI is InChI=1S/C36H42O14/c1-19(2)47-35(43)22(5)32(40)28-14-11-25(50-28)18-46-34(42)21(4)31(39)27-13-10-24(49-27)17-45-33(41)20(3)30(38)26-12-9-23(48-26)16-44-29(37)15-36(6,7)8/h9-14,19,30-32,38-40H,3-5,15-18H2,1-2,6-8H3. The maximum absolute atomic E-state index is 12.5. The molecule has 3 heterocycles. The van der Waals surface area contributed by atoms with Crippen LogP contribution in [-0.4, -0.2) is 45.3 Å². The van der Waals surface area contributed by atoms with Gasteiger partial charge in [0.25, 0.3) is 0 Å². The molecule has 50 heavy (non-hydrogen) atoms. The van der Waals surface area contributed by atoms with Gasteiger partial charge in [-0.2, -0.15) is 0 Å². The van der Waals surface area contributed by atoms with Crippen LogP contribution in [0.5, 0.6) is 0 Å². The third kappa shape index (κ3) is 11.2. The number of ether oxygens (including phenoxy) is 4. The molecule has 0 aromatic carbocycles. The van der Waals surface area contributed by atoms with Crippen LogP contribution in [0, 0.1) is 5.41 Å². The molecule has 3 unspecified atom stereocenters. The number of aliphatic hydroxyl groups is 3. The molecule has 3 rings (SSSR count). The van der Waals surface area contributed by atoms with Gasteiger partial charge in [0.1, 0.15) is 72.7 Å². The van der Waals surface area contributed by atoms with E-state index in [1.807, 2.05) is 20.8 Å². The van der Waals surface area contributed by atoms with Gasteiger partial charge in [-0.25, -0.2) is 14.4 Å². The van der Waals surface area contributed by atoms with Gasteiger partial charge < -0.3 is 47.5 Å². The summed E-state index contributed by atoms with van der Waals surface area (Å²) in [5, 5.41) is 31.5. The first kappa shape index (κ1) is 39.3. The molecular formula is C36H42O14.